The maximum absolute atomic E-state index is 12.5. The summed E-state index contributed by atoms with van der Waals surface area (Å²) in [6, 6.07) is 6.91. The van der Waals surface area contributed by atoms with Gasteiger partial charge in [0.25, 0.3) is 0 Å². The summed E-state index contributed by atoms with van der Waals surface area (Å²) in [7, 11) is 0.474. The molecule has 5 nitrogen and oxygen atoms in total. The number of nitrogens with two attached hydrogens (primary N) is 1. The molecule has 1 aromatic rings. The molecule has 0 aromatic heterocycles. The Morgan fingerprint density at radius 1 is 1.22 bits per heavy atom. The summed E-state index contributed by atoms with van der Waals surface area (Å²) in [6.07, 6.45) is 4.46. The normalized spacial score (nSPS) is 17.2. The Morgan fingerprint density at radius 3 is 2.26 bits per heavy atom. The highest BCUT2D eigenvalue weighted by molar-refractivity contribution is 7.89. The third-order valence-electron chi connectivity index (χ3n) is 4.26. The van der Waals surface area contributed by atoms with Gasteiger partial charge in [-0.05, 0) is 50.6 Å². The van der Waals surface area contributed by atoms with Crippen LogP contribution in [0.2, 0.25) is 0 Å². The van der Waals surface area contributed by atoms with E-state index in [4.69, 9.17) is 5.73 Å². The van der Waals surface area contributed by atoms with Crippen molar-refractivity contribution >= 4 is 22.4 Å². The maximum atomic E-state index is 12.5. The summed E-state index contributed by atoms with van der Waals surface area (Å²) in [5.74, 6) is 0.368. The fourth-order valence-corrected chi connectivity index (χ4v) is 4.42. The molecule has 0 bridgehead atoms. The predicted molar refractivity (Wildman–Crippen MR) is 96.2 cm³/mol. The fraction of sp³-hybridized carbons (Fsp3) is 0.625. The number of nitrogens with one attached hydrogen (secondary N) is 1. The third-order valence-corrected chi connectivity index (χ3v) is 5.77. The first-order valence-electron chi connectivity index (χ1n) is 7.88. The number of rotatable bonds is 7. The molecule has 7 heteroatoms. The van der Waals surface area contributed by atoms with Gasteiger partial charge in [0.05, 0.1) is 4.90 Å². The molecule has 0 saturated heterocycles. The Labute approximate surface area is 146 Å². The van der Waals surface area contributed by atoms with Crippen molar-refractivity contribution in [3.05, 3.63) is 29.8 Å². The van der Waals surface area contributed by atoms with Crippen LogP contribution in [0.25, 0.3) is 0 Å². The number of sulfonamides is 1. The fourth-order valence-electron chi connectivity index (χ4n) is 3.10. The Kier molecular flexibility index (Phi) is 7.97. The van der Waals surface area contributed by atoms with Gasteiger partial charge in [-0.25, -0.2) is 13.1 Å². The SMILES string of the molecule is CN(C)Cc1ccc(S(=O)(=O)NC(CN)C2CCCC2)cc1.Cl. The Hall–Kier alpha value is -0.660. The summed E-state index contributed by atoms with van der Waals surface area (Å²) in [5, 5.41) is 0. The van der Waals surface area contributed by atoms with E-state index in [1.165, 1.54) is 12.8 Å². The van der Waals surface area contributed by atoms with Gasteiger partial charge in [-0.15, -0.1) is 12.4 Å². The second kappa shape index (κ2) is 8.99. The minimum atomic E-state index is -3.50. The molecule has 0 spiro atoms. The number of nitrogens with zero attached hydrogens (tertiary/aromatic N) is 1. The van der Waals surface area contributed by atoms with Gasteiger partial charge >= 0.3 is 0 Å². The molecule has 1 saturated carbocycles. The second-order valence-electron chi connectivity index (χ2n) is 6.39. The minimum absolute atomic E-state index is 0. The van der Waals surface area contributed by atoms with Gasteiger partial charge in [0, 0.05) is 19.1 Å². The van der Waals surface area contributed by atoms with Crippen molar-refractivity contribution in [1.82, 2.24) is 9.62 Å². The summed E-state index contributed by atoms with van der Waals surface area (Å²) in [6.45, 7) is 1.14. The van der Waals surface area contributed by atoms with Crippen molar-refractivity contribution in [2.24, 2.45) is 11.7 Å². The number of halogens is 1. The van der Waals surface area contributed by atoms with E-state index in [1.807, 2.05) is 31.1 Å². The highest BCUT2D eigenvalue weighted by Gasteiger charge is 2.28. The minimum Gasteiger partial charge on any atom is -0.329 e. The molecule has 1 unspecified atom stereocenters. The number of benzene rings is 1. The zero-order chi connectivity index (χ0) is 16.2. The van der Waals surface area contributed by atoms with E-state index in [2.05, 4.69) is 4.72 Å². The van der Waals surface area contributed by atoms with Gasteiger partial charge in [0.15, 0.2) is 0 Å². The van der Waals surface area contributed by atoms with Crippen LogP contribution in [0.5, 0.6) is 0 Å². The standard InChI is InChI=1S/C16H27N3O2S.ClH/c1-19(2)12-13-7-9-15(10-8-13)22(20,21)18-16(11-17)14-5-3-4-6-14;/h7-10,14,16,18H,3-6,11-12,17H2,1-2H3;1H. The van der Waals surface area contributed by atoms with Gasteiger partial charge in [-0.2, -0.15) is 0 Å². The molecule has 1 aliphatic carbocycles. The summed E-state index contributed by atoms with van der Waals surface area (Å²) in [4.78, 5) is 2.36. The average molecular weight is 362 g/mol. The van der Waals surface area contributed by atoms with Crippen LogP contribution in [0.4, 0.5) is 0 Å². The lowest BCUT2D eigenvalue weighted by atomic mass is 9.99. The number of hydrogen-bond acceptors (Lipinski definition) is 4. The molecule has 3 N–H and O–H groups in total. The lowest BCUT2D eigenvalue weighted by Crippen LogP contribution is -2.44. The van der Waals surface area contributed by atoms with E-state index >= 15 is 0 Å². The molecule has 0 aliphatic heterocycles. The molecule has 2 rings (SSSR count). The molecule has 132 valence electrons. The molecular formula is C16H28ClN3O2S. The Morgan fingerprint density at radius 2 is 1.78 bits per heavy atom. The monoisotopic (exact) mass is 361 g/mol. The average Bonchev–Trinajstić information content (AvgIpc) is 2.99. The van der Waals surface area contributed by atoms with Crippen LogP contribution >= 0.6 is 12.4 Å². The molecular weight excluding hydrogens is 334 g/mol. The van der Waals surface area contributed by atoms with Crippen molar-refractivity contribution in [2.75, 3.05) is 20.6 Å². The van der Waals surface area contributed by atoms with Gasteiger partial charge in [0.2, 0.25) is 10.0 Å². The summed E-state index contributed by atoms with van der Waals surface area (Å²) in [5.41, 5.74) is 6.88. The zero-order valence-corrected chi connectivity index (χ0v) is 15.5. The number of hydrogen-bond donors (Lipinski definition) is 2. The van der Waals surface area contributed by atoms with E-state index in [1.54, 1.807) is 12.1 Å². The van der Waals surface area contributed by atoms with E-state index < -0.39 is 10.0 Å². The Bertz CT molecular complexity index is 569. The van der Waals surface area contributed by atoms with Crippen molar-refractivity contribution in [1.29, 1.82) is 0 Å². The van der Waals surface area contributed by atoms with Crippen LogP contribution in [0, 0.1) is 5.92 Å². The largest absolute Gasteiger partial charge is 0.329 e. The van der Waals surface area contributed by atoms with Crippen LogP contribution < -0.4 is 10.5 Å². The molecule has 1 aromatic carbocycles. The molecule has 23 heavy (non-hydrogen) atoms. The second-order valence-corrected chi connectivity index (χ2v) is 8.10. The summed E-state index contributed by atoms with van der Waals surface area (Å²) >= 11 is 0. The molecule has 0 heterocycles. The quantitative estimate of drug-likeness (QED) is 0.778. The molecule has 1 atom stereocenters. The van der Waals surface area contributed by atoms with E-state index in [0.29, 0.717) is 17.4 Å². The van der Waals surface area contributed by atoms with Gasteiger partial charge in [-0.1, -0.05) is 25.0 Å². The van der Waals surface area contributed by atoms with Crippen LogP contribution in [-0.2, 0) is 16.6 Å². The van der Waals surface area contributed by atoms with Gasteiger partial charge < -0.3 is 10.6 Å². The maximum Gasteiger partial charge on any atom is 0.240 e. The van der Waals surface area contributed by atoms with E-state index in [0.717, 1.165) is 24.9 Å². The molecule has 0 amide bonds. The third kappa shape index (κ3) is 5.72. The zero-order valence-electron chi connectivity index (χ0n) is 13.9. The molecule has 0 radical (unpaired) electrons. The highest BCUT2D eigenvalue weighted by atomic mass is 35.5. The Balaban J connectivity index is 0.00000264. The van der Waals surface area contributed by atoms with Crippen molar-refractivity contribution < 1.29 is 8.42 Å². The first-order valence-corrected chi connectivity index (χ1v) is 9.37. The van der Waals surface area contributed by atoms with Crippen LogP contribution in [0.3, 0.4) is 0 Å². The van der Waals surface area contributed by atoms with Gasteiger partial charge in [0.1, 0.15) is 0 Å². The predicted octanol–water partition coefficient (Wildman–Crippen LogP) is 1.97. The van der Waals surface area contributed by atoms with E-state index in [-0.39, 0.29) is 18.4 Å². The lowest BCUT2D eigenvalue weighted by molar-refractivity contribution is 0.402. The highest BCUT2D eigenvalue weighted by Crippen LogP contribution is 2.28. The first kappa shape index (κ1) is 20.4. The summed E-state index contributed by atoms with van der Waals surface area (Å²) < 4.78 is 27.8. The van der Waals surface area contributed by atoms with Crippen molar-refractivity contribution in [3.8, 4) is 0 Å². The molecule has 1 fully saturated rings. The van der Waals surface area contributed by atoms with Crippen molar-refractivity contribution in [3.63, 3.8) is 0 Å². The van der Waals surface area contributed by atoms with Gasteiger partial charge in [-0.3, -0.25) is 0 Å². The van der Waals surface area contributed by atoms with Crippen molar-refractivity contribution in [2.45, 2.75) is 43.2 Å². The van der Waals surface area contributed by atoms with Crippen LogP contribution in [0.1, 0.15) is 31.2 Å². The smallest absolute Gasteiger partial charge is 0.240 e. The molecule has 1 aliphatic rings. The van der Waals surface area contributed by atoms with Crippen LogP contribution in [0.15, 0.2) is 29.2 Å². The first-order chi connectivity index (χ1) is 10.4. The van der Waals surface area contributed by atoms with E-state index in [9.17, 15) is 8.42 Å². The topological polar surface area (TPSA) is 75.4 Å². The van der Waals surface area contributed by atoms with Crippen LogP contribution in [-0.4, -0.2) is 40.0 Å². The lowest BCUT2D eigenvalue weighted by Gasteiger charge is -2.23.